The second kappa shape index (κ2) is 18.8. The molecule has 1 fully saturated rings. The number of ether oxygens (including phenoxy) is 2. The summed E-state index contributed by atoms with van der Waals surface area (Å²) >= 11 is 2.50. The van der Waals surface area contributed by atoms with Crippen molar-refractivity contribution < 1.29 is 33.9 Å². The number of nitrogens with one attached hydrogen (secondary N) is 2. The van der Waals surface area contributed by atoms with Crippen LogP contribution in [0.4, 0.5) is 9.93 Å². The van der Waals surface area contributed by atoms with E-state index < -0.39 is 52.6 Å². The number of hydrogen-bond acceptors (Lipinski definition) is 12. The highest BCUT2D eigenvalue weighted by Crippen LogP contribution is 2.43. The van der Waals surface area contributed by atoms with Crippen molar-refractivity contribution in [1.29, 1.82) is 0 Å². The number of rotatable bonds is 14. The van der Waals surface area contributed by atoms with Gasteiger partial charge in [0, 0.05) is 30.8 Å². The lowest BCUT2D eigenvalue weighted by molar-refractivity contribution is -0.154. The summed E-state index contributed by atoms with van der Waals surface area (Å²) in [5.74, 6) is -2.07. The molecule has 2 aliphatic rings. The number of carbonyl (C=O) groups is 4. The Balaban J connectivity index is 1.04. The van der Waals surface area contributed by atoms with Crippen molar-refractivity contribution >= 4 is 57.8 Å². The minimum Gasteiger partial charge on any atom is -0.448 e. The van der Waals surface area contributed by atoms with E-state index in [1.165, 1.54) is 47.0 Å². The van der Waals surface area contributed by atoms with E-state index in [9.17, 15) is 24.4 Å². The van der Waals surface area contributed by atoms with E-state index in [0.29, 0.717) is 21.8 Å². The molecule has 1 saturated heterocycles. The Bertz CT molecular complexity index is 2510. The van der Waals surface area contributed by atoms with Crippen LogP contribution in [0.1, 0.15) is 39.6 Å². The number of hydrogen-bond donors (Lipinski definition) is 3. The van der Waals surface area contributed by atoms with Gasteiger partial charge in [-0.2, -0.15) is 0 Å². The van der Waals surface area contributed by atoms with Crippen molar-refractivity contribution in [2.24, 2.45) is 5.16 Å². The van der Waals surface area contributed by atoms with Crippen molar-refractivity contribution in [2.75, 3.05) is 31.8 Å². The van der Waals surface area contributed by atoms with E-state index in [4.69, 9.17) is 14.5 Å². The monoisotopic (exact) mass is 878 g/mol. The number of nitrogens with zero attached hydrogens (tertiary/aromatic N) is 4. The first-order valence-electron chi connectivity index (χ1n) is 19.9. The minimum absolute atomic E-state index is 0.0670. The lowest BCUT2D eigenvalue weighted by Gasteiger charge is -2.49. The number of fused-ring (bicyclic) bond motifs is 1. The van der Waals surface area contributed by atoms with Crippen molar-refractivity contribution in [3.63, 3.8) is 0 Å². The Labute approximate surface area is 372 Å². The number of carbonyl (C=O) groups excluding carboxylic acids is 4. The predicted molar refractivity (Wildman–Crippen MR) is 241 cm³/mol. The van der Waals surface area contributed by atoms with Crippen molar-refractivity contribution in [3.05, 3.63) is 202 Å². The molecule has 2 atom stereocenters. The van der Waals surface area contributed by atoms with Gasteiger partial charge in [-0.15, -0.1) is 23.1 Å². The average molecular weight is 879 g/mol. The zero-order chi connectivity index (χ0) is 43.9. The normalized spacial score (nSPS) is 16.1. The average Bonchev–Trinajstić information content (AvgIpc) is 3.79. The molecule has 0 spiro atoms. The maximum absolute atomic E-state index is 14.3. The number of benzene rings is 5. The van der Waals surface area contributed by atoms with Gasteiger partial charge in [-0.25, -0.2) is 14.6 Å². The molecule has 3 amide bonds. The van der Waals surface area contributed by atoms with Crippen LogP contribution in [0.2, 0.25) is 0 Å². The Hall–Kier alpha value is -7.23. The smallest absolute Gasteiger partial charge is 0.409 e. The molecule has 0 bridgehead atoms. The zero-order valence-corrected chi connectivity index (χ0v) is 35.8. The Morgan fingerprint density at radius 2 is 1.33 bits per heavy atom. The summed E-state index contributed by atoms with van der Waals surface area (Å²) in [6, 6.07) is 47.1. The molecule has 2 aliphatic heterocycles. The molecule has 1 aromatic heterocycles. The maximum Gasteiger partial charge on any atom is 0.409 e. The maximum atomic E-state index is 14.3. The fraction of sp³-hybridized carbons (Fsp3) is 0.167. The summed E-state index contributed by atoms with van der Waals surface area (Å²) in [5, 5.41) is 21.3. The third-order valence-electron chi connectivity index (χ3n) is 10.7. The van der Waals surface area contributed by atoms with Crippen LogP contribution < -0.4 is 10.6 Å². The zero-order valence-electron chi connectivity index (χ0n) is 34.2. The molecule has 6 aromatic rings. The van der Waals surface area contributed by atoms with Gasteiger partial charge in [-0.05, 0) is 27.8 Å². The first-order chi connectivity index (χ1) is 30.7. The first-order valence-corrected chi connectivity index (χ1v) is 21.9. The Kier molecular flexibility index (Phi) is 12.7. The second-order valence-corrected chi connectivity index (χ2v) is 16.8. The third kappa shape index (κ3) is 8.65. The SMILES string of the molecule is CN(C)C(=O)OCC1=C(C(=O)OC(c2ccccc2)c2ccccc2)N2C(=O)[C@@H](NC(=O)/C(=N/O)c3csc(NC(c4ccccc4)(c4ccccc4)c4ccccc4)n3)[C@H]2SC1. The van der Waals surface area contributed by atoms with E-state index >= 15 is 0 Å². The van der Waals surface area contributed by atoms with Gasteiger partial charge in [0.15, 0.2) is 16.9 Å². The summed E-state index contributed by atoms with van der Waals surface area (Å²) in [7, 11) is 3.07. The van der Waals surface area contributed by atoms with Gasteiger partial charge >= 0.3 is 12.1 Å². The Morgan fingerprint density at radius 3 is 1.83 bits per heavy atom. The number of esters is 1. The summed E-state index contributed by atoms with van der Waals surface area (Å²) in [6.07, 6.45) is -1.45. The largest absolute Gasteiger partial charge is 0.448 e. The second-order valence-electron chi connectivity index (χ2n) is 14.8. The predicted octanol–water partition coefficient (Wildman–Crippen LogP) is 7.41. The van der Waals surface area contributed by atoms with Gasteiger partial charge in [0.2, 0.25) is 0 Å². The van der Waals surface area contributed by atoms with Gasteiger partial charge < -0.3 is 30.2 Å². The highest BCUT2D eigenvalue weighted by Gasteiger charge is 2.55. The molecule has 63 heavy (non-hydrogen) atoms. The molecule has 13 nitrogen and oxygen atoms in total. The molecular weight excluding hydrogens is 837 g/mol. The van der Waals surface area contributed by atoms with Crippen LogP contribution in [0.5, 0.6) is 0 Å². The molecule has 0 unspecified atom stereocenters. The standard InChI is InChI=1S/C48H42N6O7S2/c1-53(2)47(58)60-28-33-29-62-44-39(43(56)54(44)40(33)45(57)61-41(31-18-8-3-9-19-31)32-20-10-4-11-21-32)50-42(55)38(52-59)37-30-63-46(49-37)51-48(34-22-12-5-13-23-34,35-24-14-6-15-25-35)36-26-16-7-17-27-36/h3-27,30,39,41,44,59H,28-29H2,1-2H3,(H,49,51)(H,50,55)/b52-38+/t39-,44-/m1/s1. The number of aromatic nitrogens is 1. The molecular formula is C48H42N6O7S2. The fourth-order valence-corrected chi connectivity index (χ4v) is 9.69. The first kappa shape index (κ1) is 42.5. The van der Waals surface area contributed by atoms with Crippen LogP contribution in [0.25, 0.3) is 0 Å². The molecule has 3 N–H and O–H groups in total. The van der Waals surface area contributed by atoms with Gasteiger partial charge in [-0.1, -0.05) is 157 Å². The van der Waals surface area contributed by atoms with E-state index in [1.54, 1.807) is 5.38 Å². The topological polar surface area (TPSA) is 163 Å². The van der Waals surface area contributed by atoms with E-state index in [-0.39, 0.29) is 23.8 Å². The van der Waals surface area contributed by atoms with Gasteiger partial charge in [0.1, 0.15) is 35.0 Å². The Morgan fingerprint density at radius 1 is 0.825 bits per heavy atom. The molecule has 0 radical (unpaired) electrons. The lowest BCUT2D eigenvalue weighted by Crippen LogP contribution is -2.71. The molecule has 5 aromatic carbocycles. The number of oxime groups is 1. The van der Waals surface area contributed by atoms with Crippen LogP contribution in [0, 0.1) is 0 Å². The van der Waals surface area contributed by atoms with E-state index in [1.807, 2.05) is 152 Å². The van der Waals surface area contributed by atoms with Crippen LogP contribution in [0.3, 0.4) is 0 Å². The number of anilines is 1. The summed E-state index contributed by atoms with van der Waals surface area (Å²) < 4.78 is 11.7. The number of β-lactam (4-membered cyclic amide) rings is 1. The summed E-state index contributed by atoms with van der Waals surface area (Å²) in [5.41, 5.74) is 3.31. The van der Waals surface area contributed by atoms with Gasteiger partial charge in [0.25, 0.3) is 11.8 Å². The fourth-order valence-electron chi connectivity index (χ4n) is 7.61. The third-order valence-corrected chi connectivity index (χ3v) is 12.8. The van der Waals surface area contributed by atoms with Gasteiger partial charge in [-0.3, -0.25) is 14.5 Å². The highest BCUT2D eigenvalue weighted by atomic mass is 32.2. The van der Waals surface area contributed by atoms with Gasteiger partial charge in [0.05, 0.1) is 0 Å². The van der Waals surface area contributed by atoms with Crippen LogP contribution in [-0.4, -0.2) is 87.5 Å². The summed E-state index contributed by atoms with van der Waals surface area (Å²) in [4.78, 5) is 62.1. The molecule has 15 heteroatoms. The van der Waals surface area contributed by atoms with Crippen LogP contribution >= 0.6 is 23.1 Å². The number of thiazole rings is 1. The molecule has 3 heterocycles. The van der Waals surface area contributed by atoms with Crippen molar-refractivity contribution in [2.45, 2.75) is 23.1 Å². The lowest BCUT2D eigenvalue weighted by atomic mass is 9.77. The van der Waals surface area contributed by atoms with Crippen LogP contribution in [-0.2, 0) is 29.4 Å². The summed E-state index contributed by atoms with van der Waals surface area (Å²) in [6.45, 7) is -0.273. The van der Waals surface area contributed by atoms with E-state index in [0.717, 1.165) is 16.7 Å². The quantitative estimate of drug-likeness (QED) is 0.0251. The highest BCUT2D eigenvalue weighted by molar-refractivity contribution is 8.00. The van der Waals surface area contributed by atoms with Crippen molar-refractivity contribution in [1.82, 2.24) is 20.1 Å². The van der Waals surface area contributed by atoms with Crippen LogP contribution in [0.15, 0.2) is 173 Å². The molecule has 0 aliphatic carbocycles. The van der Waals surface area contributed by atoms with Crippen molar-refractivity contribution in [3.8, 4) is 0 Å². The minimum atomic E-state index is -1.11. The molecule has 0 saturated carbocycles. The number of thioether (sulfide) groups is 1. The number of amides is 3. The molecule has 318 valence electrons. The van der Waals surface area contributed by atoms with E-state index in [2.05, 4.69) is 15.8 Å². The molecule has 8 rings (SSSR count).